The lowest BCUT2D eigenvalue weighted by molar-refractivity contribution is -0.141. The van der Waals surface area contributed by atoms with E-state index >= 15 is 0 Å². The fraction of sp³-hybridized carbons (Fsp3) is 0.385. The number of rotatable bonds is 4. The molecule has 0 aliphatic rings. The van der Waals surface area contributed by atoms with Crippen LogP contribution in [-0.4, -0.2) is 23.0 Å². The number of nitrogens with one attached hydrogen (secondary N) is 1. The number of carboxylic acids is 1. The third-order valence-corrected chi connectivity index (χ3v) is 3.02. The molecular weight excluding hydrogens is 254 g/mol. The molecule has 2 unspecified atom stereocenters. The predicted octanol–water partition coefficient (Wildman–Crippen LogP) is 2.49. The molecule has 1 aromatic rings. The Morgan fingerprint density at radius 3 is 2.39 bits per heavy atom. The number of hydrogen-bond donors (Lipinski definition) is 2. The molecule has 0 saturated heterocycles. The summed E-state index contributed by atoms with van der Waals surface area (Å²) in [5.41, 5.74) is 1.32. The quantitative estimate of drug-likeness (QED) is 0.882. The summed E-state index contributed by atoms with van der Waals surface area (Å²) < 4.78 is 0. The fourth-order valence-electron chi connectivity index (χ4n) is 1.50. The van der Waals surface area contributed by atoms with Gasteiger partial charge in [-0.15, -0.1) is 0 Å². The maximum Gasteiger partial charge on any atom is 0.308 e. The van der Waals surface area contributed by atoms with Gasteiger partial charge in [0.25, 0.3) is 5.91 Å². The molecule has 0 bridgehead atoms. The number of halogens is 1. The van der Waals surface area contributed by atoms with E-state index in [0.29, 0.717) is 10.6 Å². The van der Waals surface area contributed by atoms with Gasteiger partial charge >= 0.3 is 5.97 Å². The molecular formula is C13H16ClNO3. The highest BCUT2D eigenvalue weighted by atomic mass is 35.5. The van der Waals surface area contributed by atoms with Gasteiger partial charge in [0.1, 0.15) is 0 Å². The maximum absolute atomic E-state index is 11.9. The van der Waals surface area contributed by atoms with Crippen LogP contribution in [0.5, 0.6) is 0 Å². The fourth-order valence-corrected chi connectivity index (χ4v) is 1.79. The first-order chi connectivity index (χ1) is 8.31. The van der Waals surface area contributed by atoms with E-state index in [2.05, 4.69) is 5.32 Å². The zero-order chi connectivity index (χ0) is 13.9. The summed E-state index contributed by atoms with van der Waals surface area (Å²) in [5, 5.41) is 12.0. The van der Waals surface area contributed by atoms with Crippen LogP contribution in [0.15, 0.2) is 18.2 Å². The molecule has 0 radical (unpaired) electrons. The number of benzene rings is 1. The third kappa shape index (κ3) is 3.74. The van der Waals surface area contributed by atoms with E-state index in [1.807, 2.05) is 6.92 Å². The minimum absolute atomic E-state index is 0.318. The van der Waals surface area contributed by atoms with Gasteiger partial charge in [-0.2, -0.15) is 0 Å². The first-order valence-corrected chi connectivity index (χ1v) is 6.00. The van der Waals surface area contributed by atoms with Crippen molar-refractivity contribution in [3.05, 3.63) is 34.3 Å². The van der Waals surface area contributed by atoms with Crippen LogP contribution >= 0.6 is 11.6 Å². The molecule has 0 aliphatic carbocycles. The first kappa shape index (κ1) is 14.5. The lowest BCUT2D eigenvalue weighted by Gasteiger charge is -2.18. The molecule has 2 atom stereocenters. The van der Waals surface area contributed by atoms with Crippen molar-refractivity contribution in [1.82, 2.24) is 5.32 Å². The van der Waals surface area contributed by atoms with Crippen LogP contribution in [0.4, 0.5) is 0 Å². The van der Waals surface area contributed by atoms with E-state index in [-0.39, 0.29) is 5.91 Å². The third-order valence-electron chi connectivity index (χ3n) is 2.80. The van der Waals surface area contributed by atoms with Gasteiger partial charge < -0.3 is 10.4 Å². The summed E-state index contributed by atoms with van der Waals surface area (Å²) in [4.78, 5) is 22.7. The molecule has 5 heteroatoms. The first-order valence-electron chi connectivity index (χ1n) is 5.62. The van der Waals surface area contributed by atoms with Gasteiger partial charge in [-0.3, -0.25) is 9.59 Å². The van der Waals surface area contributed by atoms with Gasteiger partial charge in [0.2, 0.25) is 0 Å². The minimum atomic E-state index is -0.940. The molecule has 0 fully saturated rings. The summed E-state index contributed by atoms with van der Waals surface area (Å²) in [5.74, 6) is -1.90. The van der Waals surface area contributed by atoms with Crippen molar-refractivity contribution in [2.24, 2.45) is 5.92 Å². The van der Waals surface area contributed by atoms with Gasteiger partial charge in [0.05, 0.1) is 5.92 Å². The Hall–Kier alpha value is -1.55. The Morgan fingerprint density at radius 1 is 1.28 bits per heavy atom. The predicted molar refractivity (Wildman–Crippen MR) is 69.9 cm³/mol. The van der Waals surface area contributed by atoms with E-state index in [1.54, 1.807) is 32.0 Å². The number of carbonyl (C=O) groups excluding carboxylic acids is 1. The van der Waals surface area contributed by atoms with Crippen molar-refractivity contribution < 1.29 is 14.7 Å². The second kappa shape index (κ2) is 5.87. The van der Waals surface area contributed by atoms with Crippen LogP contribution in [0.25, 0.3) is 0 Å². The van der Waals surface area contributed by atoms with Gasteiger partial charge in [0.15, 0.2) is 0 Å². The summed E-state index contributed by atoms with van der Waals surface area (Å²) in [6.07, 6.45) is 0. The molecule has 0 spiro atoms. The smallest absolute Gasteiger partial charge is 0.308 e. The molecule has 1 aromatic carbocycles. The topological polar surface area (TPSA) is 66.4 Å². The Balaban J connectivity index is 2.79. The molecule has 0 aromatic heterocycles. The highest BCUT2D eigenvalue weighted by molar-refractivity contribution is 6.31. The van der Waals surface area contributed by atoms with Crippen LogP contribution < -0.4 is 5.32 Å². The monoisotopic (exact) mass is 269 g/mol. The highest BCUT2D eigenvalue weighted by Gasteiger charge is 2.21. The average molecular weight is 270 g/mol. The van der Waals surface area contributed by atoms with E-state index in [0.717, 1.165) is 5.56 Å². The lowest BCUT2D eigenvalue weighted by Crippen LogP contribution is -2.40. The van der Waals surface area contributed by atoms with Crippen molar-refractivity contribution in [3.8, 4) is 0 Å². The summed E-state index contributed by atoms with van der Waals surface area (Å²) >= 11 is 5.87. The number of carbonyl (C=O) groups is 2. The molecule has 18 heavy (non-hydrogen) atoms. The Kier molecular flexibility index (Phi) is 4.73. The van der Waals surface area contributed by atoms with Gasteiger partial charge in [-0.1, -0.05) is 11.6 Å². The summed E-state index contributed by atoms with van der Waals surface area (Å²) in [7, 11) is 0. The van der Waals surface area contributed by atoms with Crippen LogP contribution in [0, 0.1) is 12.8 Å². The number of carboxylic acid groups (broad SMARTS) is 1. The van der Waals surface area contributed by atoms with Crippen LogP contribution in [0.2, 0.25) is 5.02 Å². The zero-order valence-corrected chi connectivity index (χ0v) is 11.3. The van der Waals surface area contributed by atoms with E-state index in [1.165, 1.54) is 0 Å². The second-order valence-corrected chi connectivity index (χ2v) is 4.84. The normalized spacial score (nSPS) is 13.8. The molecule has 2 N–H and O–H groups in total. The Labute approximate surface area is 111 Å². The SMILES string of the molecule is Cc1cc(Cl)cc(C(=O)NC(C)C(C)C(=O)O)c1. The van der Waals surface area contributed by atoms with Gasteiger partial charge in [-0.05, 0) is 44.5 Å². The van der Waals surface area contributed by atoms with Crippen LogP contribution in [0.1, 0.15) is 29.8 Å². The largest absolute Gasteiger partial charge is 0.481 e. The molecule has 0 heterocycles. The van der Waals surface area contributed by atoms with E-state index in [9.17, 15) is 9.59 Å². The van der Waals surface area contributed by atoms with Crippen molar-refractivity contribution in [2.45, 2.75) is 26.8 Å². The van der Waals surface area contributed by atoms with Crippen LogP contribution in [0.3, 0.4) is 0 Å². The second-order valence-electron chi connectivity index (χ2n) is 4.41. The highest BCUT2D eigenvalue weighted by Crippen LogP contribution is 2.15. The van der Waals surface area contributed by atoms with Crippen LogP contribution in [-0.2, 0) is 4.79 Å². The number of aliphatic carboxylic acids is 1. The molecule has 0 saturated carbocycles. The molecule has 98 valence electrons. The van der Waals surface area contributed by atoms with Gasteiger partial charge in [0, 0.05) is 16.6 Å². The average Bonchev–Trinajstić information content (AvgIpc) is 2.26. The van der Waals surface area contributed by atoms with Crippen molar-refractivity contribution in [3.63, 3.8) is 0 Å². The standard InChI is InChI=1S/C13H16ClNO3/c1-7-4-10(6-11(14)5-7)12(16)15-9(3)8(2)13(17)18/h4-6,8-9H,1-3H3,(H,15,16)(H,17,18). The number of aryl methyl sites for hydroxylation is 1. The van der Waals surface area contributed by atoms with Gasteiger partial charge in [-0.25, -0.2) is 0 Å². The number of amides is 1. The van der Waals surface area contributed by atoms with Crippen molar-refractivity contribution in [1.29, 1.82) is 0 Å². The summed E-state index contributed by atoms with van der Waals surface area (Å²) in [6, 6.07) is 4.57. The lowest BCUT2D eigenvalue weighted by atomic mass is 10.0. The summed E-state index contributed by atoms with van der Waals surface area (Å²) in [6.45, 7) is 5.05. The van der Waals surface area contributed by atoms with E-state index in [4.69, 9.17) is 16.7 Å². The maximum atomic E-state index is 11.9. The Bertz CT molecular complexity index is 453. The zero-order valence-electron chi connectivity index (χ0n) is 10.5. The molecule has 1 amide bonds. The van der Waals surface area contributed by atoms with Crippen molar-refractivity contribution >= 4 is 23.5 Å². The van der Waals surface area contributed by atoms with E-state index < -0.39 is 17.9 Å². The minimum Gasteiger partial charge on any atom is -0.481 e. The molecule has 4 nitrogen and oxygen atoms in total. The van der Waals surface area contributed by atoms with Crippen molar-refractivity contribution in [2.75, 3.05) is 0 Å². The Morgan fingerprint density at radius 2 is 1.89 bits per heavy atom. The molecule has 0 aliphatic heterocycles. The molecule has 1 rings (SSSR count). The number of hydrogen-bond acceptors (Lipinski definition) is 2.